The smallest absolute Gasteiger partial charge is 0.305 e. The van der Waals surface area contributed by atoms with Crippen LogP contribution >= 0.6 is 0 Å². The van der Waals surface area contributed by atoms with E-state index in [-0.39, 0.29) is 5.97 Å². The minimum absolute atomic E-state index is 0.0107. The average Bonchev–Trinajstić information content (AvgIpc) is 2.30. The average molecular weight is 228 g/mol. The van der Waals surface area contributed by atoms with E-state index >= 15 is 0 Å². The van der Waals surface area contributed by atoms with Gasteiger partial charge in [-0.25, -0.2) is 0 Å². The Balaban J connectivity index is 3.54. The molecule has 0 spiro atoms. The van der Waals surface area contributed by atoms with Crippen molar-refractivity contribution in [2.45, 2.75) is 72.1 Å². The monoisotopic (exact) mass is 228 g/mol. The molecule has 0 aliphatic rings. The van der Waals surface area contributed by atoms with Crippen LogP contribution in [-0.4, -0.2) is 12.6 Å². The minimum Gasteiger partial charge on any atom is -0.465 e. The topological polar surface area (TPSA) is 26.3 Å². The van der Waals surface area contributed by atoms with Crippen molar-refractivity contribution in [2.75, 3.05) is 6.61 Å². The van der Waals surface area contributed by atoms with E-state index < -0.39 is 0 Å². The van der Waals surface area contributed by atoms with E-state index in [0.29, 0.717) is 18.9 Å². The van der Waals surface area contributed by atoms with Crippen LogP contribution in [0.5, 0.6) is 0 Å². The molecule has 0 rings (SSSR count). The quantitative estimate of drug-likeness (QED) is 0.411. The standard InChI is InChI=1S/C14H28O2/c1-4-7-9-11-14(15)16-12-13(6-3)10-8-5-2/h13H,4-12H2,1-3H3. The van der Waals surface area contributed by atoms with Crippen LogP contribution in [0, 0.1) is 5.92 Å². The van der Waals surface area contributed by atoms with Gasteiger partial charge in [-0.1, -0.05) is 52.9 Å². The summed E-state index contributed by atoms with van der Waals surface area (Å²) in [5, 5.41) is 0. The molecule has 0 saturated heterocycles. The van der Waals surface area contributed by atoms with Gasteiger partial charge in [0.1, 0.15) is 0 Å². The van der Waals surface area contributed by atoms with Gasteiger partial charge >= 0.3 is 5.97 Å². The van der Waals surface area contributed by atoms with E-state index in [1.807, 2.05) is 0 Å². The Labute approximate surface area is 101 Å². The summed E-state index contributed by atoms with van der Waals surface area (Å²) in [4.78, 5) is 11.4. The summed E-state index contributed by atoms with van der Waals surface area (Å²) in [7, 11) is 0. The number of esters is 1. The SMILES string of the molecule is CCCCCC(=O)OCC(CC)CCCC. The molecule has 1 unspecified atom stereocenters. The molecule has 0 aromatic rings. The fraction of sp³-hybridized carbons (Fsp3) is 0.929. The van der Waals surface area contributed by atoms with Gasteiger partial charge in [0.25, 0.3) is 0 Å². The fourth-order valence-electron chi connectivity index (χ4n) is 1.70. The van der Waals surface area contributed by atoms with Crippen molar-refractivity contribution in [2.24, 2.45) is 5.92 Å². The lowest BCUT2D eigenvalue weighted by molar-refractivity contribution is -0.145. The number of hydrogen-bond donors (Lipinski definition) is 0. The highest BCUT2D eigenvalue weighted by atomic mass is 16.5. The summed E-state index contributed by atoms with van der Waals surface area (Å²) in [6.45, 7) is 7.14. The maximum absolute atomic E-state index is 11.4. The molecule has 16 heavy (non-hydrogen) atoms. The Kier molecular flexibility index (Phi) is 10.6. The third kappa shape index (κ3) is 8.75. The Morgan fingerprint density at radius 3 is 2.31 bits per heavy atom. The van der Waals surface area contributed by atoms with Gasteiger partial charge in [0.15, 0.2) is 0 Å². The van der Waals surface area contributed by atoms with E-state index in [0.717, 1.165) is 25.7 Å². The number of hydrogen-bond acceptors (Lipinski definition) is 2. The van der Waals surface area contributed by atoms with Crippen molar-refractivity contribution >= 4 is 5.97 Å². The molecule has 1 atom stereocenters. The van der Waals surface area contributed by atoms with Crippen LogP contribution < -0.4 is 0 Å². The van der Waals surface area contributed by atoms with Crippen LogP contribution in [0.3, 0.4) is 0 Å². The Hall–Kier alpha value is -0.530. The summed E-state index contributed by atoms with van der Waals surface area (Å²) >= 11 is 0. The number of ether oxygens (including phenoxy) is 1. The lowest BCUT2D eigenvalue weighted by Gasteiger charge is -2.14. The highest BCUT2D eigenvalue weighted by Gasteiger charge is 2.09. The fourth-order valence-corrected chi connectivity index (χ4v) is 1.70. The molecule has 0 aliphatic carbocycles. The first kappa shape index (κ1) is 15.5. The van der Waals surface area contributed by atoms with E-state index in [1.165, 1.54) is 19.3 Å². The number of carbonyl (C=O) groups excluding carboxylic acids is 1. The van der Waals surface area contributed by atoms with Gasteiger partial charge < -0.3 is 4.74 Å². The molecule has 0 bridgehead atoms. The van der Waals surface area contributed by atoms with Crippen molar-refractivity contribution in [1.29, 1.82) is 0 Å². The predicted molar refractivity (Wildman–Crippen MR) is 68.4 cm³/mol. The van der Waals surface area contributed by atoms with E-state index in [1.54, 1.807) is 0 Å². The summed E-state index contributed by atoms with van der Waals surface area (Å²) < 4.78 is 5.30. The first-order chi connectivity index (χ1) is 7.74. The highest BCUT2D eigenvalue weighted by Crippen LogP contribution is 2.13. The molecule has 0 aromatic heterocycles. The summed E-state index contributed by atoms with van der Waals surface area (Å²) in [6, 6.07) is 0. The summed E-state index contributed by atoms with van der Waals surface area (Å²) in [5.41, 5.74) is 0. The summed E-state index contributed by atoms with van der Waals surface area (Å²) in [5.74, 6) is 0.554. The van der Waals surface area contributed by atoms with Gasteiger partial charge in [0, 0.05) is 6.42 Å². The Morgan fingerprint density at radius 2 is 1.75 bits per heavy atom. The van der Waals surface area contributed by atoms with Crippen LogP contribution in [0.15, 0.2) is 0 Å². The van der Waals surface area contributed by atoms with E-state index in [2.05, 4.69) is 20.8 Å². The van der Waals surface area contributed by atoms with Crippen molar-refractivity contribution in [3.05, 3.63) is 0 Å². The van der Waals surface area contributed by atoms with Crippen LogP contribution in [0.4, 0.5) is 0 Å². The van der Waals surface area contributed by atoms with Crippen LogP contribution in [0.1, 0.15) is 72.1 Å². The van der Waals surface area contributed by atoms with Crippen molar-refractivity contribution < 1.29 is 9.53 Å². The second kappa shape index (κ2) is 11.0. The third-order valence-electron chi connectivity index (χ3n) is 3.01. The van der Waals surface area contributed by atoms with Gasteiger partial charge in [-0.3, -0.25) is 4.79 Å². The van der Waals surface area contributed by atoms with Crippen molar-refractivity contribution in [3.8, 4) is 0 Å². The highest BCUT2D eigenvalue weighted by molar-refractivity contribution is 5.69. The molecular formula is C14H28O2. The Morgan fingerprint density at radius 1 is 1.06 bits per heavy atom. The Bertz CT molecular complexity index is 166. The zero-order valence-corrected chi connectivity index (χ0v) is 11.3. The largest absolute Gasteiger partial charge is 0.465 e. The molecule has 0 saturated carbocycles. The van der Waals surface area contributed by atoms with Gasteiger partial charge in [-0.05, 0) is 18.8 Å². The van der Waals surface area contributed by atoms with E-state index in [4.69, 9.17) is 4.74 Å². The first-order valence-electron chi connectivity index (χ1n) is 6.90. The van der Waals surface area contributed by atoms with Crippen LogP contribution in [0.2, 0.25) is 0 Å². The predicted octanol–water partition coefficient (Wildman–Crippen LogP) is 4.33. The second-order valence-electron chi connectivity index (χ2n) is 4.56. The zero-order valence-electron chi connectivity index (χ0n) is 11.3. The zero-order chi connectivity index (χ0) is 12.2. The number of unbranched alkanes of at least 4 members (excludes halogenated alkanes) is 3. The number of carbonyl (C=O) groups is 1. The summed E-state index contributed by atoms with van der Waals surface area (Å²) in [6.07, 6.45) is 8.62. The second-order valence-corrected chi connectivity index (χ2v) is 4.56. The molecule has 0 amide bonds. The molecular weight excluding hydrogens is 200 g/mol. The molecule has 0 N–H and O–H groups in total. The number of rotatable bonds is 10. The van der Waals surface area contributed by atoms with Gasteiger partial charge in [0.2, 0.25) is 0 Å². The van der Waals surface area contributed by atoms with Crippen LogP contribution in [-0.2, 0) is 9.53 Å². The molecule has 0 heterocycles. The molecule has 0 fully saturated rings. The first-order valence-corrected chi connectivity index (χ1v) is 6.90. The molecule has 2 nitrogen and oxygen atoms in total. The molecule has 0 aliphatic heterocycles. The minimum atomic E-state index is -0.0107. The van der Waals surface area contributed by atoms with Crippen molar-refractivity contribution in [3.63, 3.8) is 0 Å². The normalized spacial score (nSPS) is 12.4. The lowest BCUT2D eigenvalue weighted by Crippen LogP contribution is -2.13. The molecule has 0 aromatic carbocycles. The van der Waals surface area contributed by atoms with Gasteiger partial charge in [-0.15, -0.1) is 0 Å². The lowest BCUT2D eigenvalue weighted by atomic mass is 10.0. The van der Waals surface area contributed by atoms with Crippen molar-refractivity contribution in [1.82, 2.24) is 0 Å². The third-order valence-corrected chi connectivity index (χ3v) is 3.01. The maximum Gasteiger partial charge on any atom is 0.305 e. The van der Waals surface area contributed by atoms with Crippen LogP contribution in [0.25, 0.3) is 0 Å². The van der Waals surface area contributed by atoms with E-state index in [9.17, 15) is 4.79 Å². The molecule has 0 radical (unpaired) electrons. The van der Waals surface area contributed by atoms with Gasteiger partial charge in [0.05, 0.1) is 6.61 Å². The molecule has 2 heteroatoms. The maximum atomic E-state index is 11.4. The van der Waals surface area contributed by atoms with Gasteiger partial charge in [-0.2, -0.15) is 0 Å². The molecule has 96 valence electrons.